The predicted molar refractivity (Wildman–Crippen MR) is 244 cm³/mol. The SMILES string of the molecule is [2H]c1cc(-c2c([2H])c([2H])c(N(c3ccccc3)c3ccc4c(c3)C(c3ccccc3)(c3ccccc3)c3ccccc3-4)c([2H])c2[2H])c([2H])cc1-c1cc2c(c3c1C=CCC3)CCC=C2. The van der Waals surface area contributed by atoms with Crippen molar-refractivity contribution in [2.75, 3.05) is 4.90 Å². The summed E-state index contributed by atoms with van der Waals surface area (Å²) in [5, 5.41) is 0. The van der Waals surface area contributed by atoms with E-state index in [2.05, 4.69) is 115 Å². The number of rotatable bonds is 7. The Hall–Kier alpha value is -6.96. The number of fused-ring (bicyclic) bond motifs is 6. The molecule has 8 aromatic rings. The molecule has 11 rings (SSSR count). The van der Waals surface area contributed by atoms with Gasteiger partial charge in [0.05, 0.1) is 13.6 Å². The summed E-state index contributed by atoms with van der Waals surface area (Å²) >= 11 is 0. The third kappa shape index (κ3) is 5.53. The number of allylic oxidation sites excluding steroid dienone is 2. The molecule has 0 bridgehead atoms. The first-order valence-corrected chi connectivity index (χ1v) is 20.2. The van der Waals surface area contributed by atoms with Gasteiger partial charge in [-0.2, -0.15) is 0 Å². The van der Waals surface area contributed by atoms with E-state index in [1.807, 2.05) is 53.4 Å². The van der Waals surface area contributed by atoms with Crippen molar-refractivity contribution in [1.82, 2.24) is 0 Å². The van der Waals surface area contributed by atoms with Crippen molar-refractivity contribution in [3.8, 4) is 33.4 Å². The number of anilines is 3. The molecule has 0 saturated carbocycles. The Morgan fingerprint density at radius 1 is 0.431 bits per heavy atom. The Balaban J connectivity index is 1.09. The minimum atomic E-state index is -0.693. The van der Waals surface area contributed by atoms with Crippen molar-refractivity contribution in [3.63, 3.8) is 0 Å². The van der Waals surface area contributed by atoms with E-state index < -0.39 is 5.41 Å². The zero-order valence-corrected chi connectivity index (χ0v) is 32.0. The van der Waals surface area contributed by atoms with Crippen LogP contribution in [0.4, 0.5) is 17.1 Å². The highest BCUT2D eigenvalue weighted by Crippen LogP contribution is 2.57. The highest BCUT2D eigenvalue weighted by atomic mass is 15.1. The molecule has 276 valence electrons. The van der Waals surface area contributed by atoms with Crippen molar-refractivity contribution in [2.45, 2.75) is 31.1 Å². The monoisotopic (exact) mass is 747 g/mol. The fourth-order valence-electron chi connectivity index (χ4n) is 9.62. The van der Waals surface area contributed by atoms with E-state index in [1.54, 1.807) is 12.1 Å². The minimum Gasteiger partial charge on any atom is -0.310 e. The Morgan fingerprint density at radius 2 is 1.05 bits per heavy atom. The predicted octanol–water partition coefficient (Wildman–Crippen LogP) is 14.8. The molecule has 3 aliphatic carbocycles. The van der Waals surface area contributed by atoms with Crippen molar-refractivity contribution in [3.05, 3.63) is 245 Å². The van der Waals surface area contributed by atoms with Crippen LogP contribution in [-0.4, -0.2) is 0 Å². The summed E-state index contributed by atoms with van der Waals surface area (Å²) in [5.74, 6) is 0. The third-order valence-electron chi connectivity index (χ3n) is 12.2. The molecule has 8 aromatic carbocycles. The molecule has 0 unspecified atom stereocenters. The molecule has 0 spiro atoms. The van der Waals surface area contributed by atoms with Gasteiger partial charge in [0.1, 0.15) is 0 Å². The lowest BCUT2D eigenvalue weighted by atomic mass is 9.67. The van der Waals surface area contributed by atoms with E-state index in [0.29, 0.717) is 16.9 Å². The molecule has 0 fully saturated rings. The van der Waals surface area contributed by atoms with Crippen LogP contribution in [0.1, 0.15) is 65.6 Å². The summed E-state index contributed by atoms with van der Waals surface area (Å²) in [6.45, 7) is 0. The van der Waals surface area contributed by atoms with Gasteiger partial charge < -0.3 is 4.90 Å². The fraction of sp³-hybridized carbons (Fsp3) is 0.0877. The lowest BCUT2D eigenvalue weighted by molar-refractivity contribution is 0.768. The summed E-state index contributed by atoms with van der Waals surface area (Å²) in [5.41, 5.74) is 14.0. The largest absolute Gasteiger partial charge is 0.310 e. The van der Waals surface area contributed by atoms with Crippen molar-refractivity contribution < 1.29 is 8.22 Å². The lowest BCUT2D eigenvalue weighted by Gasteiger charge is -2.35. The topological polar surface area (TPSA) is 3.24 Å². The Kier molecular flexibility index (Phi) is 6.96. The molecule has 0 atom stereocenters. The van der Waals surface area contributed by atoms with Gasteiger partial charge in [-0.15, -0.1) is 0 Å². The zero-order chi connectivity index (χ0) is 43.7. The van der Waals surface area contributed by atoms with Gasteiger partial charge in [0, 0.05) is 17.1 Å². The molecule has 3 aliphatic rings. The fourth-order valence-corrected chi connectivity index (χ4v) is 9.62. The standard InChI is InChI=1S/C57H43N/c1-4-17-44(18-5-1)57(45-19-6-2-7-20-45)55-27-15-14-26-52(55)53-37-36-48(39-56(53)57)58(46-21-8-3-9-22-46)47-34-32-41(33-35-47)40-28-30-42(31-29-40)54-38-43-16-10-11-23-49(43)50-24-12-13-25-51(50)54/h1-10,13-22,25-39H,11-12,23-24H2/i28D,31D,32D,33D,34D,35D. The zero-order valence-electron chi connectivity index (χ0n) is 38.0. The summed E-state index contributed by atoms with van der Waals surface area (Å²) in [6, 6.07) is 50.0. The van der Waals surface area contributed by atoms with Gasteiger partial charge in [0.2, 0.25) is 0 Å². The van der Waals surface area contributed by atoms with Crippen LogP contribution in [0.2, 0.25) is 0 Å². The number of benzene rings is 8. The first-order chi connectivity index (χ1) is 31.3. The van der Waals surface area contributed by atoms with Crippen LogP contribution in [0.5, 0.6) is 0 Å². The lowest BCUT2D eigenvalue weighted by Crippen LogP contribution is -2.28. The molecule has 1 heteroatoms. The van der Waals surface area contributed by atoms with Crippen LogP contribution in [0.25, 0.3) is 45.5 Å². The molecule has 0 N–H and O–H groups in total. The van der Waals surface area contributed by atoms with E-state index in [9.17, 15) is 8.22 Å². The minimum absolute atomic E-state index is 0.00341. The second-order valence-electron chi connectivity index (χ2n) is 15.3. The quantitative estimate of drug-likeness (QED) is 0.157. The molecular formula is C57H43N. The molecule has 0 saturated heterocycles. The first kappa shape index (κ1) is 28.4. The van der Waals surface area contributed by atoms with Crippen molar-refractivity contribution in [1.29, 1.82) is 0 Å². The van der Waals surface area contributed by atoms with E-state index in [0.717, 1.165) is 75.8 Å². The van der Waals surface area contributed by atoms with Crippen LogP contribution in [0.3, 0.4) is 0 Å². The van der Waals surface area contributed by atoms with Crippen LogP contribution in [0, 0.1) is 0 Å². The third-order valence-corrected chi connectivity index (χ3v) is 12.2. The van der Waals surface area contributed by atoms with Gasteiger partial charge >= 0.3 is 0 Å². The van der Waals surface area contributed by atoms with Crippen molar-refractivity contribution in [2.24, 2.45) is 0 Å². The second kappa shape index (κ2) is 14.2. The van der Waals surface area contributed by atoms with Crippen LogP contribution in [0.15, 0.2) is 200 Å². The Morgan fingerprint density at radius 3 is 1.81 bits per heavy atom. The van der Waals surface area contributed by atoms with Gasteiger partial charge in [0.25, 0.3) is 0 Å². The molecule has 1 nitrogen and oxygen atoms in total. The summed E-state index contributed by atoms with van der Waals surface area (Å²) < 4.78 is 57.2. The molecular weight excluding hydrogens is 699 g/mol. The summed E-state index contributed by atoms with van der Waals surface area (Å²) in [7, 11) is 0. The van der Waals surface area contributed by atoms with E-state index in [4.69, 9.17) is 0 Å². The number of hydrogen-bond donors (Lipinski definition) is 0. The maximum absolute atomic E-state index is 9.70. The van der Waals surface area contributed by atoms with Crippen LogP contribution >= 0.6 is 0 Å². The van der Waals surface area contributed by atoms with Gasteiger partial charge in [-0.05, 0) is 146 Å². The Labute approximate surface area is 350 Å². The van der Waals surface area contributed by atoms with E-state index >= 15 is 0 Å². The molecule has 0 aliphatic heterocycles. The van der Waals surface area contributed by atoms with E-state index in [-0.39, 0.29) is 53.1 Å². The van der Waals surface area contributed by atoms with Crippen LogP contribution in [-0.2, 0) is 18.3 Å². The summed E-state index contributed by atoms with van der Waals surface area (Å²) in [6.07, 6.45) is 12.6. The molecule has 0 heterocycles. The molecule has 0 aromatic heterocycles. The second-order valence-corrected chi connectivity index (χ2v) is 15.3. The molecule has 0 radical (unpaired) electrons. The number of hydrogen-bond acceptors (Lipinski definition) is 1. The van der Waals surface area contributed by atoms with Gasteiger partial charge in [-0.3, -0.25) is 0 Å². The highest BCUT2D eigenvalue weighted by molar-refractivity contribution is 5.90. The maximum atomic E-state index is 9.70. The van der Waals surface area contributed by atoms with Crippen molar-refractivity contribution >= 4 is 29.2 Å². The first-order valence-electron chi connectivity index (χ1n) is 23.2. The Bertz CT molecular complexity index is 3160. The smallest absolute Gasteiger partial charge is 0.0714 e. The average molecular weight is 748 g/mol. The highest BCUT2D eigenvalue weighted by Gasteiger charge is 2.46. The van der Waals surface area contributed by atoms with Gasteiger partial charge in [0.15, 0.2) is 0 Å². The number of nitrogens with zero attached hydrogens (tertiary/aromatic N) is 1. The summed E-state index contributed by atoms with van der Waals surface area (Å²) in [4.78, 5) is 1.83. The molecule has 58 heavy (non-hydrogen) atoms. The van der Waals surface area contributed by atoms with Gasteiger partial charge in [-0.1, -0.05) is 170 Å². The van der Waals surface area contributed by atoms with E-state index in [1.165, 1.54) is 11.1 Å². The van der Waals surface area contributed by atoms with Gasteiger partial charge in [-0.25, -0.2) is 0 Å². The normalized spacial score (nSPS) is 15.7. The molecule has 0 amide bonds. The van der Waals surface area contributed by atoms with Crippen LogP contribution < -0.4 is 4.90 Å². The number of para-hydroxylation sites is 1. The maximum Gasteiger partial charge on any atom is 0.0714 e. The average Bonchev–Trinajstić information content (AvgIpc) is 3.64.